The molecule has 2 N–H and O–H groups in total. The first-order chi connectivity index (χ1) is 12.9. The number of aromatic nitrogens is 3. The lowest BCUT2D eigenvalue weighted by Gasteiger charge is -2.12. The second kappa shape index (κ2) is 7.41. The van der Waals surface area contributed by atoms with E-state index in [0.717, 1.165) is 11.1 Å². The number of hydrogen-bond donors (Lipinski definition) is 2. The molecule has 1 aromatic heterocycles. The van der Waals surface area contributed by atoms with Gasteiger partial charge in [0.1, 0.15) is 29.1 Å². The SMILES string of the molecule is C=C(C)C(=O)OCc1cc(CC=N)cc(-n2nc3ccc(C)cc3n2)c1O. The molecule has 0 bridgehead atoms. The van der Waals surface area contributed by atoms with E-state index in [0.29, 0.717) is 28.7 Å². The van der Waals surface area contributed by atoms with Gasteiger partial charge in [0.2, 0.25) is 0 Å². The highest BCUT2D eigenvalue weighted by molar-refractivity contribution is 5.87. The van der Waals surface area contributed by atoms with E-state index in [2.05, 4.69) is 16.8 Å². The molecule has 0 saturated heterocycles. The first-order valence-electron chi connectivity index (χ1n) is 8.39. The van der Waals surface area contributed by atoms with Gasteiger partial charge in [0.05, 0.1) is 0 Å². The summed E-state index contributed by atoms with van der Waals surface area (Å²) in [5.74, 6) is -0.609. The van der Waals surface area contributed by atoms with Crippen LogP contribution in [0.5, 0.6) is 5.75 Å². The van der Waals surface area contributed by atoms with Gasteiger partial charge < -0.3 is 15.3 Å². The average molecular weight is 364 g/mol. The summed E-state index contributed by atoms with van der Waals surface area (Å²) in [6.45, 7) is 6.95. The standard InChI is InChI=1S/C20H20N4O3/c1-12(2)20(26)27-11-15-9-14(6-7-21)10-18(19(15)25)24-22-16-5-4-13(3)8-17(16)23-24/h4-5,7-10,21,25H,1,6,11H2,2-3H3. The molecule has 0 aliphatic heterocycles. The molecule has 138 valence electrons. The van der Waals surface area contributed by atoms with Crippen molar-refractivity contribution in [3.63, 3.8) is 0 Å². The van der Waals surface area contributed by atoms with Crippen molar-refractivity contribution in [2.75, 3.05) is 0 Å². The first-order valence-corrected chi connectivity index (χ1v) is 8.39. The number of phenols is 1. The fraction of sp³-hybridized carbons (Fsp3) is 0.200. The van der Waals surface area contributed by atoms with Gasteiger partial charge in [-0.05, 0) is 55.5 Å². The monoisotopic (exact) mass is 364 g/mol. The molecule has 7 nitrogen and oxygen atoms in total. The van der Waals surface area contributed by atoms with E-state index in [4.69, 9.17) is 10.1 Å². The number of aromatic hydroxyl groups is 1. The first kappa shape index (κ1) is 18.3. The van der Waals surface area contributed by atoms with Crippen LogP contribution in [0.1, 0.15) is 23.6 Å². The van der Waals surface area contributed by atoms with E-state index in [9.17, 15) is 9.90 Å². The van der Waals surface area contributed by atoms with Gasteiger partial charge in [-0.2, -0.15) is 0 Å². The van der Waals surface area contributed by atoms with Gasteiger partial charge in [-0.25, -0.2) is 4.79 Å². The summed E-state index contributed by atoms with van der Waals surface area (Å²) in [5, 5.41) is 26.9. The van der Waals surface area contributed by atoms with Crippen LogP contribution in [0.3, 0.4) is 0 Å². The lowest BCUT2D eigenvalue weighted by molar-refractivity contribution is -0.140. The Morgan fingerprint density at radius 3 is 2.74 bits per heavy atom. The van der Waals surface area contributed by atoms with Gasteiger partial charge in [0, 0.05) is 17.6 Å². The third-order valence-electron chi connectivity index (χ3n) is 4.02. The molecule has 0 radical (unpaired) electrons. The van der Waals surface area contributed by atoms with E-state index in [1.165, 1.54) is 11.0 Å². The molecule has 27 heavy (non-hydrogen) atoms. The van der Waals surface area contributed by atoms with Crippen molar-refractivity contribution in [1.82, 2.24) is 15.0 Å². The van der Waals surface area contributed by atoms with Crippen LogP contribution in [0.15, 0.2) is 42.5 Å². The maximum atomic E-state index is 11.7. The molecule has 0 saturated carbocycles. The van der Waals surface area contributed by atoms with Crippen LogP contribution in [-0.4, -0.2) is 32.3 Å². The number of rotatable bonds is 6. The number of nitrogens with zero attached hydrogens (tertiary/aromatic N) is 3. The fourth-order valence-corrected chi connectivity index (χ4v) is 2.64. The van der Waals surface area contributed by atoms with Crippen LogP contribution in [0, 0.1) is 12.3 Å². The number of nitrogens with one attached hydrogen (secondary N) is 1. The predicted molar refractivity (Wildman–Crippen MR) is 102 cm³/mol. The van der Waals surface area contributed by atoms with Crippen LogP contribution in [0.4, 0.5) is 0 Å². The highest BCUT2D eigenvalue weighted by atomic mass is 16.5. The summed E-state index contributed by atoms with van der Waals surface area (Å²) < 4.78 is 5.16. The molecule has 0 fully saturated rings. The van der Waals surface area contributed by atoms with E-state index >= 15 is 0 Å². The van der Waals surface area contributed by atoms with Gasteiger partial charge in [0.15, 0.2) is 0 Å². The molecule has 0 spiro atoms. The second-order valence-electron chi connectivity index (χ2n) is 6.37. The zero-order chi connectivity index (χ0) is 19.6. The third-order valence-corrected chi connectivity index (χ3v) is 4.02. The molecule has 0 amide bonds. The summed E-state index contributed by atoms with van der Waals surface area (Å²) in [7, 11) is 0. The van der Waals surface area contributed by atoms with Crippen LogP contribution in [-0.2, 0) is 22.6 Å². The molecule has 3 aromatic rings. The van der Waals surface area contributed by atoms with Gasteiger partial charge in [0.25, 0.3) is 0 Å². The van der Waals surface area contributed by atoms with Gasteiger partial charge in [-0.15, -0.1) is 15.0 Å². The summed E-state index contributed by atoms with van der Waals surface area (Å²) >= 11 is 0. The highest BCUT2D eigenvalue weighted by Gasteiger charge is 2.16. The number of carbonyl (C=O) groups excluding carboxylic acids is 1. The minimum Gasteiger partial charge on any atom is -0.505 e. The molecule has 2 aromatic carbocycles. The number of ether oxygens (including phenoxy) is 1. The lowest BCUT2D eigenvalue weighted by atomic mass is 10.1. The number of esters is 1. The zero-order valence-electron chi connectivity index (χ0n) is 15.2. The quantitative estimate of drug-likeness (QED) is 0.397. The normalized spacial score (nSPS) is 10.7. The molecular formula is C20H20N4O3. The van der Waals surface area contributed by atoms with Crippen molar-refractivity contribution in [1.29, 1.82) is 5.41 Å². The third kappa shape index (κ3) is 3.87. The summed E-state index contributed by atoms with van der Waals surface area (Å²) in [5.41, 5.74) is 4.30. The maximum Gasteiger partial charge on any atom is 0.333 e. The Hall–Kier alpha value is -3.48. The smallest absolute Gasteiger partial charge is 0.333 e. The van der Waals surface area contributed by atoms with E-state index in [1.807, 2.05) is 25.1 Å². The van der Waals surface area contributed by atoms with Crippen LogP contribution >= 0.6 is 0 Å². The highest BCUT2D eigenvalue weighted by Crippen LogP contribution is 2.29. The molecule has 1 heterocycles. The number of benzene rings is 2. The summed E-state index contributed by atoms with van der Waals surface area (Å²) in [6.07, 6.45) is 1.63. The van der Waals surface area contributed by atoms with Crippen LogP contribution < -0.4 is 0 Å². The number of phenolic OH excluding ortho intramolecular Hbond substituents is 1. The molecule has 0 unspecified atom stereocenters. The van der Waals surface area contributed by atoms with Crippen LogP contribution in [0.25, 0.3) is 16.7 Å². The molecular weight excluding hydrogens is 344 g/mol. The molecule has 0 aliphatic rings. The summed E-state index contributed by atoms with van der Waals surface area (Å²) in [6, 6.07) is 9.13. The van der Waals surface area contributed by atoms with Crippen molar-refractivity contribution in [2.24, 2.45) is 0 Å². The molecule has 7 heteroatoms. The topological polar surface area (TPSA) is 101 Å². The number of fused-ring (bicyclic) bond motifs is 1. The Morgan fingerprint density at radius 1 is 1.30 bits per heavy atom. The zero-order valence-corrected chi connectivity index (χ0v) is 15.2. The fourth-order valence-electron chi connectivity index (χ4n) is 2.64. The van der Waals surface area contributed by atoms with Crippen molar-refractivity contribution >= 4 is 23.2 Å². The van der Waals surface area contributed by atoms with Gasteiger partial charge in [-0.3, -0.25) is 0 Å². The van der Waals surface area contributed by atoms with Crippen molar-refractivity contribution in [2.45, 2.75) is 26.9 Å². The van der Waals surface area contributed by atoms with Gasteiger partial charge in [-0.1, -0.05) is 12.6 Å². The van der Waals surface area contributed by atoms with Crippen molar-refractivity contribution in [3.8, 4) is 11.4 Å². The number of aryl methyl sites for hydroxylation is 1. The molecule has 0 atom stereocenters. The van der Waals surface area contributed by atoms with E-state index < -0.39 is 5.97 Å². The van der Waals surface area contributed by atoms with E-state index in [1.54, 1.807) is 19.1 Å². The van der Waals surface area contributed by atoms with Crippen molar-refractivity contribution < 1.29 is 14.6 Å². The van der Waals surface area contributed by atoms with Crippen molar-refractivity contribution in [3.05, 3.63) is 59.2 Å². The maximum absolute atomic E-state index is 11.7. The Bertz CT molecular complexity index is 1050. The minimum atomic E-state index is -0.535. The predicted octanol–water partition coefficient (Wildman–Crippen LogP) is 3.25. The van der Waals surface area contributed by atoms with Crippen LogP contribution in [0.2, 0.25) is 0 Å². The number of hydrogen-bond acceptors (Lipinski definition) is 6. The second-order valence-corrected chi connectivity index (χ2v) is 6.37. The Labute approximate surface area is 156 Å². The van der Waals surface area contributed by atoms with Gasteiger partial charge >= 0.3 is 5.97 Å². The minimum absolute atomic E-state index is 0.0738. The summed E-state index contributed by atoms with van der Waals surface area (Å²) in [4.78, 5) is 13.0. The Balaban J connectivity index is 2.05. The average Bonchev–Trinajstić information content (AvgIpc) is 3.04. The number of carbonyl (C=O) groups is 1. The lowest BCUT2D eigenvalue weighted by Crippen LogP contribution is -2.07. The molecule has 0 aliphatic carbocycles. The largest absolute Gasteiger partial charge is 0.505 e. The Morgan fingerprint density at radius 2 is 2.04 bits per heavy atom. The molecule has 3 rings (SSSR count). The van der Waals surface area contributed by atoms with E-state index in [-0.39, 0.29) is 17.9 Å². The Kier molecular flexibility index (Phi) is 5.03.